The minimum atomic E-state index is -0.0742. The Morgan fingerprint density at radius 2 is 2.30 bits per heavy atom. The van der Waals surface area contributed by atoms with Crippen molar-refractivity contribution in [3.63, 3.8) is 0 Å². The number of aromatic nitrogens is 1. The van der Waals surface area contributed by atoms with Crippen LogP contribution in [0.15, 0.2) is 39.6 Å². The summed E-state index contributed by atoms with van der Waals surface area (Å²) < 4.78 is 1.05. The molecule has 0 aliphatic rings. The first-order valence-electron chi connectivity index (χ1n) is 5.73. The third-order valence-electron chi connectivity index (χ3n) is 2.51. The SMILES string of the molecule is O=C(NCc1cc(Br)cs1)c1cnc(-c2cccs2)s1. The minimum Gasteiger partial charge on any atom is -0.346 e. The van der Waals surface area contributed by atoms with Gasteiger partial charge in [-0.1, -0.05) is 6.07 Å². The van der Waals surface area contributed by atoms with Crippen LogP contribution in [0.5, 0.6) is 0 Å². The average Bonchev–Trinajstić information content (AvgIpc) is 3.16. The predicted octanol–water partition coefficient (Wildman–Crippen LogP) is 4.63. The highest BCUT2D eigenvalue weighted by Gasteiger charge is 2.12. The van der Waals surface area contributed by atoms with E-state index in [0.717, 1.165) is 19.2 Å². The minimum absolute atomic E-state index is 0.0742. The highest BCUT2D eigenvalue weighted by molar-refractivity contribution is 9.10. The molecule has 0 fully saturated rings. The number of nitrogens with zero attached hydrogens (tertiary/aromatic N) is 1. The van der Waals surface area contributed by atoms with Gasteiger partial charge in [0.25, 0.3) is 5.91 Å². The van der Waals surface area contributed by atoms with Crippen molar-refractivity contribution >= 4 is 55.8 Å². The van der Waals surface area contributed by atoms with Crippen LogP contribution in [0, 0.1) is 0 Å². The van der Waals surface area contributed by atoms with E-state index in [1.54, 1.807) is 28.9 Å². The fraction of sp³-hybridized carbons (Fsp3) is 0.0769. The monoisotopic (exact) mass is 384 g/mol. The van der Waals surface area contributed by atoms with E-state index in [-0.39, 0.29) is 5.91 Å². The van der Waals surface area contributed by atoms with Gasteiger partial charge in [-0.3, -0.25) is 4.79 Å². The number of hydrogen-bond donors (Lipinski definition) is 1. The number of halogens is 1. The molecule has 0 aliphatic heterocycles. The first-order valence-corrected chi connectivity index (χ1v) is 9.10. The number of carbonyl (C=O) groups is 1. The molecule has 1 amide bonds. The van der Waals surface area contributed by atoms with E-state index in [4.69, 9.17) is 0 Å². The molecule has 7 heteroatoms. The van der Waals surface area contributed by atoms with Crippen LogP contribution in [0.2, 0.25) is 0 Å². The highest BCUT2D eigenvalue weighted by Crippen LogP contribution is 2.28. The van der Waals surface area contributed by atoms with Gasteiger partial charge in [0.15, 0.2) is 0 Å². The van der Waals surface area contributed by atoms with E-state index in [9.17, 15) is 4.79 Å². The predicted molar refractivity (Wildman–Crippen MR) is 88.6 cm³/mol. The second-order valence-electron chi connectivity index (χ2n) is 3.92. The van der Waals surface area contributed by atoms with Crippen LogP contribution in [0.25, 0.3) is 9.88 Å². The normalized spacial score (nSPS) is 10.7. The largest absolute Gasteiger partial charge is 0.346 e. The summed E-state index contributed by atoms with van der Waals surface area (Å²) in [7, 11) is 0. The number of amides is 1. The van der Waals surface area contributed by atoms with Gasteiger partial charge >= 0.3 is 0 Å². The van der Waals surface area contributed by atoms with E-state index in [1.807, 2.05) is 29.0 Å². The molecular weight excluding hydrogens is 376 g/mol. The number of nitrogens with one attached hydrogen (secondary N) is 1. The van der Waals surface area contributed by atoms with Crippen molar-refractivity contribution < 1.29 is 4.79 Å². The van der Waals surface area contributed by atoms with E-state index in [0.29, 0.717) is 11.4 Å². The topological polar surface area (TPSA) is 42.0 Å². The summed E-state index contributed by atoms with van der Waals surface area (Å²) in [5.74, 6) is -0.0742. The maximum Gasteiger partial charge on any atom is 0.263 e. The maximum atomic E-state index is 12.1. The second-order valence-corrected chi connectivity index (χ2v) is 7.81. The Bertz CT molecular complexity index is 718. The zero-order chi connectivity index (χ0) is 13.9. The van der Waals surface area contributed by atoms with Crippen LogP contribution < -0.4 is 5.32 Å². The zero-order valence-electron chi connectivity index (χ0n) is 10.1. The van der Waals surface area contributed by atoms with Gasteiger partial charge < -0.3 is 5.32 Å². The molecule has 0 bridgehead atoms. The molecule has 0 aromatic carbocycles. The van der Waals surface area contributed by atoms with Crippen LogP contribution in [0.1, 0.15) is 14.5 Å². The Balaban J connectivity index is 1.65. The van der Waals surface area contributed by atoms with Crippen LogP contribution in [-0.2, 0) is 6.54 Å². The van der Waals surface area contributed by atoms with Gasteiger partial charge in [0.2, 0.25) is 0 Å². The molecule has 3 aromatic rings. The fourth-order valence-electron chi connectivity index (χ4n) is 1.59. The Morgan fingerprint density at radius 3 is 3.00 bits per heavy atom. The molecule has 0 atom stereocenters. The third kappa shape index (κ3) is 3.17. The summed E-state index contributed by atoms with van der Waals surface area (Å²) in [5, 5.41) is 7.81. The van der Waals surface area contributed by atoms with E-state index in [1.165, 1.54) is 11.3 Å². The van der Waals surface area contributed by atoms with Crippen LogP contribution in [0.4, 0.5) is 0 Å². The molecule has 0 aliphatic carbocycles. The van der Waals surface area contributed by atoms with E-state index >= 15 is 0 Å². The van der Waals surface area contributed by atoms with Crippen molar-refractivity contribution in [2.24, 2.45) is 0 Å². The lowest BCUT2D eigenvalue weighted by molar-refractivity contribution is 0.0955. The van der Waals surface area contributed by atoms with Crippen molar-refractivity contribution in [3.05, 3.63) is 49.4 Å². The second kappa shape index (κ2) is 6.17. The molecule has 0 radical (unpaired) electrons. The first kappa shape index (κ1) is 13.9. The summed E-state index contributed by atoms with van der Waals surface area (Å²) in [6.45, 7) is 0.543. The van der Waals surface area contributed by atoms with Crippen molar-refractivity contribution in [1.29, 1.82) is 0 Å². The zero-order valence-corrected chi connectivity index (χ0v) is 14.2. The molecule has 0 saturated heterocycles. The summed E-state index contributed by atoms with van der Waals surface area (Å²) in [5.41, 5.74) is 0. The molecule has 3 aromatic heterocycles. The van der Waals surface area contributed by atoms with Crippen molar-refractivity contribution in [2.45, 2.75) is 6.54 Å². The Morgan fingerprint density at radius 1 is 1.40 bits per heavy atom. The van der Waals surface area contributed by atoms with Gasteiger partial charge in [-0.25, -0.2) is 4.98 Å². The van der Waals surface area contributed by atoms with Gasteiger partial charge in [0, 0.05) is 14.7 Å². The van der Waals surface area contributed by atoms with Gasteiger partial charge in [-0.15, -0.1) is 34.0 Å². The number of carbonyl (C=O) groups excluding carboxylic acids is 1. The standard InChI is InChI=1S/C13H9BrN2OS3/c14-8-4-9(19-7-8)5-15-12(17)11-6-16-13(20-11)10-2-1-3-18-10/h1-4,6-7H,5H2,(H,15,17). The number of rotatable bonds is 4. The molecule has 1 N–H and O–H groups in total. The van der Waals surface area contributed by atoms with Gasteiger partial charge in [-0.2, -0.15) is 0 Å². The Labute approximate surface area is 136 Å². The van der Waals surface area contributed by atoms with Gasteiger partial charge in [-0.05, 0) is 33.4 Å². The maximum absolute atomic E-state index is 12.1. The smallest absolute Gasteiger partial charge is 0.263 e. The molecule has 20 heavy (non-hydrogen) atoms. The molecule has 0 spiro atoms. The summed E-state index contributed by atoms with van der Waals surface area (Å²) in [4.78, 5) is 19.2. The molecule has 102 valence electrons. The number of hydrogen-bond acceptors (Lipinski definition) is 5. The van der Waals surface area contributed by atoms with Crippen molar-refractivity contribution in [3.8, 4) is 9.88 Å². The number of thiophene rings is 2. The molecular formula is C13H9BrN2OS3. The lowest BCUT2D eigenvalue weighted by Gasteiger charge is -2.00. The first-order chi connectivity index (χ1) is 9.72. The van der Waals surface area contributed by atoms with Gasteiger partial charge in [0.1, 0.15) is 9.88 Å². The lowest BCUT2D eigenvalue weighted by atomic mass is 10.4. The summed E-state index contributed by atoms with van der Waals surface area (Å²) in [6, 6.07) is 6.00. The molecule has 3 heterocycles. The van der Waals surface area contributed by atoms with Crippen molar-refractivity contribution in [2.75, 3.05) is 0 Å². The molecule has 0 unspecified atom stereocenters. The third-order valence-corrected chi connectivity index (χ3v) is 6.24. The van der Waals surface area contributed by atoms with E-state index < -0.39 is 0 Å². The van der Waals surface area contributed by atoms with Crippen LogP contribution in [-0.4, -0.2) is 10.9 Å². The summed E-state index contributed by atoms with van der Waals surface area (Å²) >= 11 is 8.07. The molecule has 3 rings (SSSR count). The quantitative estimate of drug-likeness (QED) is 0.712. The van der Waals surface area contributed by atoms with E-state index in [2.05, 4.69) is 26.2 Å². The van der Waals surface area contributed by atoms with Crippen LogP contribution >= 0.6 is 49.9 Å². The average molecular weight is 385 g/mol. The fourth-order valence-corrected chi connectivity index (χ4v) is 4.62. The van der Waals surface area contributed by atoms with Gasteiger partial charge in [0.05, 0.1) is 17.6 Å². The number of thiazole rings is 1. The van der Waals surface area contributed by atoms with Crippen molar-refractivity contribution in [1.82, 2.24) is 10.3 Å². The lowest BCUT2D eigenvalue weighted by Crippen LogP contribution is -2.21. The Kier molecular flexibility index (Phi) is 4.30. The summed E-state index contributed by atoms with van der Waals surface area (Å²) in [6.07, 6.45) is 1.64. The molecule has 3 nitrogen and oxygen atoms in total. The van der Waals surface area contributed by atoms with Crippen LogP contribution in [0.3, 0.4) is 0 Å². The molecule has 0 saturated carbocycles. The highest BCUT2D eigenvalue weighted by atomic mass is 79.9. The Hall–Kier alpha value is -1.02.